The summed E-state index contributed by atoms with van der Waals surface area (Å²) in [6.45, 7) is 1.13. The summed E-state index contributed by atoms with van der Waals surface area (Å²) in [6.07, 6.45) is -1.59. The van der Waals surface area contributed by atoms with Gasteiger partial charge in [-0.15, -0.1) is 0 Å². The van der Waals surface area contributed by atoms with Gasteiger partial charge in [-0.2, -0.15) is 0 Å². The normalized spacial score (nSPS) is 12.1. The van der Waals surface area contributed by atoms with E-state index in [1.54, 1.807) is 0 Å². The number of nitro groups is 1. The first-order chi connectivity index (χ1) is 6.52. The monoisotopic (exact) mass is 197 g/mol. The first kappa shape index (κ1) is 10.3. The number of nitrogens with zero attached hydrogens (tertiary/aromatic N) is 1. The lowest BCUT2D eigenvalue weighted by Gasteiger charge is -2.00. The number of carbonyl (C=O) groups excluding carboxylic acids is 1. The molecule has 0 aromatic heterocycles. The Bertz CT molecular complexity index is 359. The van der Waals surface area contributed by atoms with Gasteiger partial charge in [-0.3, -0.25) is 14.9 Å². The second kappa shape index (κ2) is 3.95. The Balaban J connectivity index is 2.94. The van der Waals surface area contributed by atoms with Crippen LogP contribution in [-0.4, -0.2) is 16.9 Å². The minimum Gasteiger partial charge on any atom is -0.291 e. The number of carbonyl (C=O) groups is 1. The van der Waals surface area contributed by atoms with Crippen molar-refractivity contribution in [2.24, 2.45) is 0 Å². The van der Waals surface area contributed by atoms with E-state index in [1.165, 1.54) is 24.3 Å². The van der Waals surface area contributed by atoms with E-state index in [-0.39, 0.29) is 11.3 Å². The highest BCUT2D eigenvalue weighted by molar-refractivity contribution is 5.99. The number of benzene rings is 1. The van der Waals surface area contributed by atoms with Gasteiger partial charge in [0.15, 0.2) is 12.0 Å². The molecule has 14 heavy (non-hydrogen) atoms. The van der Waals surface area contributed by atoms with Gasteiger partial charge >= 0.3 is 0 Å². The van der Waals surface area contributed by atoms with E-state index < -0.39 is 16.9 Å². The summed E-state index contributed by atoms with van der Waals surface area (Å²) in [5, 5.41) is 10.3. The summed E-state index contributed by atoms with van der Waals surface area (Å²) in [6, 6.07) is 4.85. The topological polar surface area (TPSA) is 60.2 Å². The van der Waals surface area contributed by atoms with Crippen LogP contribution in [0, 0.1) is 10.1 Å². The number of non-ortho nitro benzene ring substituents is 1. The van der Waals surface area contributed by atoms with Crippen molar-refractivity contribution in [1.29, 1.82) is 0 Å². The van der Waals surface area contributed by atoms with Crippen LogP contribution < -0.4 is 0 Å². The molecule has 0 aliphatic carbocycles. The summed E-state index contributed by atoms with van der Waals surface area (Å²) >= 11 is 0. The van der Waals surface area contributed by atoms with Gasteiger partial charge in [0, 0.05) is 17.7 Å². The molecule has 1 unspecified atom stereocenters. The van der Waals surface area contributed by atoms with Crippen molar-refractivity contribution in [3.8, 4) is 0 Å². The maximum atomic E-state index is 12.6. The van der Waals surface area contributed by atoms with E-state index in [0.717, 1.165) is 6.92 Å². The standard InChI is InChI=1S/C9H8FNO3/c1-6(10)9(12)7-2-4-8(5-3-7)11(13)14/h2-6H,1H3. The van der Waals surface area contributed by atoms with Crippen molar-refractivity contribution in [3.05, 3.63) is 39.9 Å². The zero-order chi connectivity index (χ0) is 10.7. The van der Waals surface area contributed by atoms with Crippen LogP contribution in [0.5, 0.6) is 0 Å². The Morgan fingerprint density at radius 2 is 1.93 bits per heavy atom. The van der Waals surface area contributed by atoms with Crippen LogP contribution in [0.3, 0.4) is 0 Å². The number of halogens is 1. The lowest BCUT2D eigenvalue weighted by molar-refractivity contribution is -0.384. The Hall–Kier alpha value is -1.78. The molecular formula is C9H8FNO3. The fourth-order valence-electron chi connectivity index (χ4n) is 0.977. The van der Waals surface area contributed by atoms with Gasteiger partial charge in [0.25, 0.3) is 5.69 Å². The van der Waals surface area contributed by atoms with Gasteiger partial charge in [0.05, 0.1) is 4.92 Å². The highest BCUT2D eigenvalue weighted by Crippen LogP contribution is 2.13. The molecule has 5 heteroatoms. The molecule has 0 radical (unpaired) electrons. The molecule has 4 nitrogen and oxygen atoms in total. The third kappa shape index (κ3) is 2.12. The number of Topliss-reactive ketones (excluding diaryl/α,β-unsaturated/α-hetero) is 1. The number of ketones is 1. The van der Waals surface area contributed by atoms with Crippen molar-refractivity contribution in [2.75, 3.05) is 0 Å². The molecule has 1 aromatic carbocycles. The van der Waals surface area contributed by atoms with Gasteiger partial charge in [-0.1, -0.05) is 0 Å². The molecule has 0 N–H and O–H groups in total. The Labute approximate surface area is 79.5 Å². The first-order valence-electron chi connectivity index (χ1n) is 3.95. The minimum atomic E-state index is -1.59. The Kier molecular flexibility index (Phi) is 2.91. The maximum Gasteiger partial charge on any atom is 0.269 e. The highest BCUT2D eigenvalue weighted by atomic mass is 19.1. The number of alkyl halides is 1. The molecule has 0 heterocycles. The minimum absolute atomic E-state index is 0.118. The van der Waals surface area contributed by atoms with Crippen molar-refractivity contribution in [3.63, 3.8) is 0 Å². The third-order valence-corrected chi connectivity index (χ3v) is 1.72. The van der Waals surface area contributed by atoms with E-state index in [0.29, 0.717) is 0 Å². The third-order valence-electron chi connectivity index (χ3n) is 1.72. The van der Waals surface area contributed by atoms with Crippen molar-refractivity contribution < 1.29 is 14.1 Å². The molecule has 1 rings (SSSR count). The molecule has 0 saturated carbocycles. The van der Waals surface area contributed by atoms with Crippen LogP contribution in [0.15, 0.2) is 24.3 Å². The van der Waals surface area contributed by atoms with Crippen LogP contribution in [0.2, 0.25) is 0 Å². The van der Waals surface area contributed by atoms with Crippen LogP contribution in [-0.2, 0) is 0 Å². The van der Waals surface area contributed by atoms with E-state index in [9.17, 15) is 19.3 Å². The maximum absolute atomic E-state index is 12.6. The molecule has 74 valence electrons. The van der Waals surface area contributed by atoms with Crippen LogP contribution in [0.1, 0.15) is 17.3 Å². The molecular weight excluding hydrogens is 189 g/mol. The number of rotatable bonds is 3. The fraction of sp³-hybridized carbons (Fsp3) is 0.222. The average Bonchev–Trinajstić information content (AvgIpc) is 2.16. The summed E-state index contributed by atoms with van der Waals surface area (Å²) in [7, 11) is 0. The van der Waals surface area contributed by atoms with Gasteiger partial charge in [-0.05, 0) is 19.1 Å². The quantitative estimate of drug-likeness (QED) is 0.423. The zero-order valence-electron chi connectivity index (χ0n) is 7.44. The molecule has 0 bridgehead atoms. The smallest absolute Gasteiger partial charge is 0.269 e. The SMILES string of the molecule is CC(F)C(=O)c1ccc([N+](=O)[O-])cc1. The number of hydrogen-bond acceptors (Lipinski definition) is 3. The van der Waals surface area contributed by atoms with Crippen LogP contribution >= 0.6 is 0 Å². The van der Waals surface area contributed by atoms with Gasteiger partial charge in [-0.25, -0.2) is 4.39 Å². The van der Waals surface area contributed by atoms with Crippen molar-refractivity contribution in [1.82, 2.24) is 0 Å². The molecule has 0 aliphatic heterocycles. The average molecular weight is 197 g/mol. The summed E-state index contributed by atoms with van der Waals surface area (Å²) < 4.78 is 12.6. The predicted octanol–water partition coefficient (Wildman–Crippen LogP) is 2.14. The highest BCUT2D eigenvalue weighted by Gasteiger charge is 2.14. The molecule has 0 amide bonds. The van der Waals surface area contributed by atoms with E-state index >= 15 is 0 Å². The fourth-order valence-corrected chi connectivity index (χ4v) is 0.977. The second-order valence-corrected chi connectivity index (χ2v) is 2.78. The van der Waals surface area contributed by atoms with Crippen LogP contribution in [0.4, 0.5) is 10.1 Å². The Morgan fingerprint density at radius 1 is 1.43 bits per heavy atom. The van der Waals surface area contributed by atoms with Gasteiger partial charge in [0.2, 0.25) is 0 Å². The van der Waals surface area contributed by atoms with Crippen LogP contribution in [0.25, 0.3) is 0 Å². The lowest BCUT2D eigenvalue weighted by atomic mass is 10.1. The number of nitro benzene ring substituents is 1. The molecule has 0 aliphatic rings. The number of hydrogen-bond donors (Lipinski definition) is 0. The summed E-state index contributed by atoms with van der Waals surface area (Å²) in [5.41, 5.74) is 0.0265. The lowest BCUT2D eigenvalue weighted by Crippen LogP contribution is -2.11. The van der Waals surface area contributed by atoms with Crippen molar-refractivity contribution >= 4 is 11.5 Å². The Morgan fingerprint density at radius 3 is 2.29 bits per heavy atom. The first-order valence-corrected chi connectivity index (χ1v) is 3.95. The summed E-state index contributed by atoms with van der Waals surface area (Å²) in [5.74, 6) is -0.667. The molecule has 1 aromatic rings. The molecule has 1 atom stereocenters. The van der Waals surface area contributed by atoms with E-state index in [2.05, 4.69) is 0 Å². The van der Waals surface area contributed by atoms with E-state index in [1.807, 2.05) is 0 Å². The summed E-state index contributed by atoms with van der Waals surface area (Å²) in [4.78, 5) is 20.8. The molecule has 0 fully saturated rings. The van der Waals surface area contributed by atoms with Crippen molar-refractivity contribution in [2.45, 2.75) is 13.1 Å². The second-order valence-electron chi connectivity index (χ2n) is 2.78. The van der Waals surface area contributed by atoms with Gasteiger partial charge in [0.1, 0.15) is 0 Å². The predicted molar refractivity (Wildman–Crippen MR) is 48.0 cm³/mol. The van der Waals surface area contributed by atoms with Gasteiger partial charge < -0.3 is 0 Å². The van der Waals surface area contributed by atoms with E-state index in [4.69, 9.17) is 0 Å². The molecule has 0 spiro atoms. The largest absolute Gasteiger partial charge is 0.291 e. The zero-order valence-corrected chi connectivity index (χ0v) is 7.44. The molecule has 0 saturated heterocycles.